The Morgan fingerprint density at radius 2 is 1.10 bits per heavy atom. The maximum Gasteiger partial charge on any atom is 0.234 e. The fourth-order valence-electron chi connectivity index (χ4n) is 3.93. The molecule has 2 spiro atoms. The highest BCUT2D eigenvalue weighted by molar-refractivity contribution is 4.84. The minimum absolute atomic E-state index is 0.617. The van der Waals surface area contributed by atoms with Gasteiger partial charge >= 0.3 is 0 Å². The average Bonchev–Trinajstić information content (AvgIpc) is 3.31. The maximum atomic E-state index is 5.72. The smallest absolute Gasteiger partial charge is 0.195 e. The SMILES string of the molecule is C1CCC2(CC1)OOC1(CCC(CC3CC3)CC1)OO2. The Bertz CT molecular complexity index is 326. The summed E-state index contributed by atoms with van der Waals surface area (Å²) in [5.74, 6) is 0.628. The van der Waals surface area contributed by atoms with Crippen LogP contribution in [0.15, 0.2) is 0 Å². The van der Waals surface area contributed by atoms with Crippen molar-refractivity contribution in [2.75, 3.05) is 0 Å². The molecule has 1 saturated heterocycles. The van der Waals surface area contributed by atoms with E-state index in [-0.39, 0.29) is 0 Å². The summed E-state index contributed by atoms with van der Waals surface area (Å²) in [6.07, 6.45) is 13.7. The molecule has 20 heavy (non-hydrogen) atoms. The molecule has 114 valence electrons. The van der Waals surface area contributed by atoms with Gasteiger partial charge in [-0.15, -0.1) is 0 Å². The fraction of sp³-hybridized carbons (Fsp3) is 1.00. The summed E-state index contributed by atoms with van der Waals surface area (Å²) in [6.45, 7) is 0. The van der Waals surface area contributed by atoms with E-state index in [9.17, 15) is 0 Å². The van der Waals surface area contributed by atoms with Crippen LogP contribution in [0.4, 0.5) is 0 Å². The molecule has 3 saturated carbocycles. The van der Waals surface area contributed by atoms with Gasteiger partial charge in [-0.25, -0.2) is 0 Å². The quantitative estimate of drug-likeness (QED) is 0.710. The molecule has 0 bridgehead atoms. The predicted octanol–water partition coefficient (Wildman–Crippen LogP) is 4.24. The van der Waals surface area contributed by atoms with E-state index < -0.39 is 11.6 Å². The molecular weight excluding hydrogens is 256 g/mol. The van der Waals surface area contributed by atoms with Crippen LogP contribution in [0.5, 0.6) is 0 Å². The monoisotopic (exact) mass is 282 g/mol. The molecule has 3 aliphatic carbocycles. The van der Waals surface area contributed by atoms with E-state index in [4.69, 9.17) is 19.6 Å². The first-order valence-electron chi connectivity index (χ1n) is 8.51. The Morgan fingerprint density at radius 3 is 1.65 bits per heavy atom. The van der Waals surface area contributed by atoms with E-state index in [1.165, 1.54) is 38.5 Å². The van der Waals surface area contributed by atoms with Crippen molar-refractivity contribution in [2.24, 2.45) is 11.8 Å². The van der Waals surface area contributed by atoms with Gasteiger partial charge in [-0.3, -0.25) is 0 Å². The van der Waals surface area contributed by atoms with Crippen molar-refractivity contribution in [1.82, 2.24) is 0 Å². The standard InChI is InChI=1S/C16H26O4/c1-2-8-15(9-3-1)17-19-16(20-18-15)10-6-14(7-11-16)12-13-4-5-13/h13-14H,1-12H2. The van der Waals surface area contributed by atoms with Gasteiger partial charge in [-0.1, -0.05) is 19.3 Å². The van der Waals surface area contributed by atoms with Crippen LogP contribution in [0, 0.1) is 11.8 Å². The van der Waals surface area contributed by atoms with Crippen LogP contribution in [-0.2, 0) is 19.6 Å². The van der Waals surface area contributed by atoms with Crippen LogP contribution < -0.4 is 0 Å². The lowest BCUT2D eigenvalue weighted by Gasteiger charge is -2.46. The Morgan fingerprint density at radius 1 is 0.600 bits per heavy atom. The highest BCUT2D eigenvalue weighted by Gasteiger charge is 2.50. The molecule has 0 radical (unpaired) electrons. The maximum absolute atomic E-state index is 5.72. The zero-order chi connectivity index (χ0) is 13.5. The summed E-state index contributed by atoms with van der Waals surface area (Å²) in [5.41, 5.74) is 0. The van der Waals surface area contributed by atoms with Crippen LogP contribution >= 0.6 is 0 Å². The van der Waals surface area contributed by atoms with Crippen molar-refractivity contribution < 1.29 is 19.6 Å². The lowest BCUT2D eigenvalue weighted by atomic mass is 9.82. The van der Waals surface area contributed by atoms with Gasteiger partial charge in [-0.2, -0.15) is 19.6 Å². The van der Waals surface area contributed by atoms with Crippen molar-refractivity contribution in [1.29, 1.82) is 0 Å². The summed E-state index contributed by atoms with van der Waals surface area (Å²) >= 11 is 0. The molecule has 4 fully saturated rings. The van der Waals surface area contributed by atoms with Gasteiger partial charge in [-0.05, 0) is 43.9 Å². The first kappa shape index (κ1) is 13.5. The van der Waals surface area contributed by atoms with E-state index in [0.29, 0.717) is 0 Å². The third kappa shape index (κ3) is 2.76. The summed E-state index contributed by atoms with van der Waals surface area (Å²) in [7, 11) is 0. The number of hydrogen-bond acceptors (Lipinski definition) is 4. The first-order chi connectivity index (χ1) is 9.78. The van der Waals surface area contributed by atoms with Gasteiger partial charge in [0.15, 0.2) is 0 Å². The molecule has 1 heterocycles. The molecule has 0 unspecified atom stereocenters. The number of hydrogen-bond donors (Lipinski definition) is 0. The molecule has 4 nitrogen and oxygen atoms in total. The largest absolute Gasteiger partial charge is 0.234 e. The Kier molecular flexibility index (Phi) is 3.53. The second kappa shape index (κ2) is 5.24. The van der Waals surface area contributed by atoms with Crippen molar-refractivity contribution in [3.05, 3.63) is 0 Å². The molecule has 4 heteroatoms. The minimum atomic E-state index is -0.622. The van der Waals surface area contributed by atoms with E-state index in [0.717, 1.165) is 50.4 Å². The first-order valence-corrected chi connectivity index (χ1v) is 8.51. The van der Waals surface area contributed by atoms with Crippen LogP contribution in [0.3, 0.4) is 0 Å². The molecule has 0 amide bonds. The van der Waals surface area contributed by atoms with E-state index in [2.05, 4.69) is 0 Å². The van der Waals surface area contributed by atoms with Crippen LogP contribution in [0.1, 0.15) is 77.0 Å². The normalized spacial score (nSPS) is 33.6. The third-order valence-electron chi connectivity index (χ3n) is 5.54. The van der Waals surface area contributed by atoms with E-state index >= 15 is 0 Å². The van der Waals surface area contributed by atoms with E-state index in [1.54, 1.807) is 0 Å². The molecule has 1 aliphatic heterocycles. The highest BCUT2D eigenvalue weighted by Crippen LogP contribution is 2.47. The average molecular weight is 282 g/mol. The minimum Gasteiger partial charge on any atom is -0.195 e. The second-order valence-corrected chi connectivity index (χ2v) is 7.34. The van der Waals surface area contributed by atoms with Crippen LogP contribution in [-0.4, -0.2) is 11.6 Å². The molecule has 0 atom stereocenters. The topological polar surface area (TPSA) is 36.9 Å². The van der Waals surface area contributed by atoms with Gasteiger partial charge in [0.2, 0.25) is 11.6 Å². The Labute approximate surface area is 121 Å². The van der Waals surface area contributed by atoms with Gasteiger partial charge in [0.05, 0.1) is 0 Å². The van der Waals surface area contributed by atoms with Gasteiger partial charge < -0.3 is 0 Å². The lowest BCUT2D eigenvalue weighted by molar-refractivity contribution is -0.663. The van der Waals surface area contributed by atoms with Gasteiger partial charge in [0.1, 0.15) is 0 Å². The van der Waals surface area contributed by atoms with Crippen molar-refractivity contribution in [3.8, 4) is 0 Å². The molecule has 0 aromatic rings. The molecule has 0 aromatic carbocycles. The molecule has 0 aromatic heterocycles. The summed E-state index contributed by atoms with van der Waals surface area (Å²) in [6, 6.07) is 0. The summed E-state index contributed by atoms with van der Waals surface area (Å²) in [5, 5.41) is 0. The zero-order valence-electron chi connectivity index (χ0n) is 12.3. The van der Waals surface area contributed by atoms with Gasteiger partial charge in [0.25, 0.3) is 0 Å². The molecule has 4 aliphatic rings. The lowest BCUT2D eigenvalue weighted by Crippen LogP contribution is -2.52. The molecule has 4 rings (SSSR count). The van der Waals surface area contributed by atoms with Crippen LogP contribution in [0.25, 0.3) is 0 Å². The Hall–Kier alpha value is -0.160. The summed E-state index contributed by atoms with van der Waals surface area (Å²) < 4.78 is 0. The third-order valence-corrected chi connectivity index (χ3v) is 5.54. The van der Waals surface area contributed by atoms with Gasteiger partial charge in [0, 0.05) is 25.7 Å². The van der Waals surface area contributed by atoms with Crippen molar-refractivity contribution in [2.45, 2.75) is 88.6 Å². The molecule has 0 N–H and O–H groups in total. The van der Waals surface area contributed by atoms with E-state index in [1.807, 2.05) is 0 Å². The summed E-state index contributed by atoms with van der Waals surface area (Å²) in [4.78, 5) is 22.8. The second-order valence-electron chi connectivity index (χ2n) is 7.34. The van der Waals surface area contributed by atoms with Crippen molar-refractivity contribution in [3.63, 3.8) is 0 Å². The van der Waals surface area contributed by atoms with Crippen molar-refractivity contribution >= 4 is 0 Å². The molecular formula is C16H26O4. The zero-order valence-corrected chi connectivity index (χ0v) is 12.3. The van der Waals surface area contributed by atoms with Crippen LogP contribution in [0.2, 0.25) is 0 Å². The fourth-order valence-corrected chi connectivity index (χ4v) is 3.93. The Balaban J connectivity index is 1.30. The number of rotatable bonds is 2. The predicted molar refractivity (Wildman–Crippen MR) is 72.2 cm³/mol. The highest BCUT2D eigenvalue weighted by atomic mass is 17.4.